The molecule has 0 spiro atoms. The van der Waals surface area contributed by atoms with E-state index in [1.165, 1.54) is 35.5 Å². The van der Waals surface area contributed by atoms with Gasteiger partial charge in [-0.2, -0.15) is 0 Å². The van der Waals surface area contributed by atoms with Gasteiger partial charge in [-0.15, -0.1) is 0 Å². The molecule has 210 valence electrons. The average molecular weight is 641 g/mol. The number of pyridine rings is 1. The van der Waals surface area contributed by atoms with Gasteiger partial charge in [-0.25, -0.2) is 9.97 Å². The predicted molar refractivity (Wildman–Crippen MR) is 186 cm³/mol. The number of hydrogen-bond donors (Lipinski definition) is 0. The topological polar surface area (TPSA) is 48.5 Å². The summed E-state index contributed by atoms with van der Waals surface area (Å²) < 4.78 is 7.40. The third-order valence-electron chi connectivity index (χ3n) is 8.86. The number of para-hydroxylation sites is 2. The van der Waals surface area contributed by atoms with Crippen molar-refractivity contribution in [3.05, 3.63) is 140 Å². The maximum absolute atomic E-state index is 5.31. The number of hydrogen-bond acceptors (Lipinski definition) is 3. The molecule has 0 aliphatic rings. The van der Waals surface area contributed by atoms with Crippen molar-refractivity contribution in [3.8, 4) is 23.0 Å². The predicted octanol–water partition coefficient (Wildman–Crippen LogP) is 9.10. The minimum absolute atomic E-state index is 0.349. The Labute approximate surface area is 263 Å². The summed E-state index contributed by atoms with van der Waals surface area (Å²) in [5, 5.41) is 7.38. The zero-order valence-corrected chi connectivity index (χ0v) is 25.6. The van der Waals surface area contributed by atoms with Gasteiger partial charge >= 0.3 is 195 Å². The molecule has 5 aromatic heterocycles. The van der Waals surface area contributed by atoms with E-state index in [4.69, 9.17) is 15.0 Å². The third-order valence-corrected chi connectivity index (χ3v) is 11.3. The summed E-state index contributed by atoms with van der Waals surface area (Å²) in [5.41, 5.74) is 6.49. The van der Waals surface area contributed by atoms with Crippen LogP contribution in [0, 0.1) is 0 Å². The van der Waals surface area contributed by atoms with Crippen LogP contribution in [0.4, 0.5) is 0 Å². The van der Waals surface area contributed by atoms with E-state index in [-0.39, 0.29) is 0 Å². The Morgan fingerprint density at radius 1 is 0.489 bits per heavy atom. The smallest absolute Gasteiger partial charge is 0.0324 e. The van der Waals surface area contributed by atoms with E-state index >= 15 is 0 Å². The van der Waals surface area contributed by atoms with Gasteiger partial charge in [0.1, 0.15) is 0 Å². The van der Waals surface area contributed by atoms with E-state index in [0.717, 1.165) is 44.5 Å². The second-order valence-electron chi connectivity index (χ2n) is 11.3. The summed E-state index contributed by atoms with van der Waals surface area (Å²) in [6, 6.07) is 45.4. The minimum atomic E-state index is 0.349. The Balaban J connectivity index is 1.26. The van der Waals surface area contributed by atoms with Gasteiger partial charge < -0.3 is 0 Å². The summed E-state index contributed by atoms with van der Waals surface area (Å²) >= 11 is 0.349. The molecule has 5 aromatic carbocycles. The first-order valence-corrected chi connectivity index (χ1v) is 16.7. The van der Waals surface area contributed by atoms with Crippen LogP contribution in [0.5, 0.6) is 0 Å². The number of benzene rings is 5. The largest absolute Gasteiger partial charge is 0.221 e. The van der Waals surface area contributed by atoms with Gasteiger partial charge in [0, 0.05) is 17.8 Å². The average Bonchev–Trinajstić information content (AvgIpc) is 3.76. The molecule has 0 atom stereocenters. The van der Waals surface area contributed by atoms with E-state index in [1.807, 2.05) is 6.07 Å². The van der Waals surface area contributed by atoms with Crippen molar-refractivity contribution >= 4 is 77.4 Å². The maximum Gasteiger partial charge on any atom is 0.0324 e. The molecule has 10 aromatic rings. The van der Waals surface area contributed by atoms with Crippen LogP contribution in [0.1, 0.15) is 0 Å². The van der Waals surface area contributed by atoms with Crippen LogP contribution in [0.15, 0.2) is 140 Å². The molecule has 0 bridgehead atoms. The molecule has 45 heavy (non-hydrogen) atoms. The molecule has 0 unspecified atom stereocenters. The zero-order chi connectivity index (χ0) is 29.5. The summed E-state index contributed by atoms with van der Waals surface area (Å²) in [6.45, 7) is 0. The molecule has 6 heteroatoms. The fraction of sp³-hybridized carbons (Fsp3) is 0. The summed E-state index contributed by atoms with van der Waals surface area (Å²) in [6.07, 6.45) is 3.61. The molecule has 0 saturated heterocycles. The molecule has 0 fully saturated rings. The number of nitrogens with zero attached hydrogens (tertiary/aromatic N) is 5. The molecule has 5 nitrogen and oxygen atoms in total. The Morgan fingerprint density at radius 2 is 1.22 bits per heavy atom. The van der Waals surface area contributed by atoms with Crippen molar-refractivity contribution in [1.82, 2.24) is 24.1 Å². The second kappa shape index (κ2) is 9.47. The van der Waals surface area contributed by atoms with E-state index in [9.17, 15) is 0 Å². The van der Waals surface area contributed by atoms with Crippen LogP contribution in [-0.2, 0) is 0 Å². The first-order valence-electron chi connectivity index (χ1n) is 15.0. The van der Waals surface area contributed by atoms with Crippen LogP contribution in [-0.4, -0.2) is 38.6 Å². The van der Waals surface area contributed by atoms with Crippen LogP contribution in [0.25, 0.3) is 85.9 Å². The van der Waals surface area contributed by atoms with Crippen LogP contribution in [0.2, 0.25) is 0 Å². The zero-order valence-electron chi connectivity index (χ0n) is 23.9. The Kier molecular flexibility index (Phi) is 5.23. The molecular weight excluding hydrogens is 617 g/mol. The molecule has 5 heterocycles. The molecule has 0 aliphatic heterocycles. The summed E-state index contributed by atoms with van der Waals surface area (Å²) in [7, 11) is 0. The van der Waals surface area contributed by atoms with Crippen molar-refractivity contribution < 1.29 is 0 Å². The van der Waals surface area contributed by atoms with Crippen molar-refractivity contribution in [2.24, 2.45) is 0 Å². The fourth-order valence-corrected chi connectivity index (χ4v) is 9.24. The van der Waals surface area contributed by atoms with Crippen molar-refractivity contribution in [2.75, 3.05) is 0 Å². The molecule has 0 amide bonds. The van der Waals surface area contributed by atoms with Gasteiger partial charge in [-0.05, 0) is 12.1 Å². The van der Waals surface area contributed by atoms with E-state index in [1.54, 1.807) is 12.4 Å². The van der Waals surface area contributed by atoms with Crippen LogP contribution < -0.4 is 0 Å². The van der Waals surface area contributed by atoms with E-state index in [2.05, 4.69) is 130 Å². The quantitative estimate of drug-likeness (QED) is 0.181. The number of aromatic nitrogens is 5. The standard InChI is InChI=1S/C39H23N5Se/c1-4-13-31-25(9-1)27-18-19-33-37(38(27)44(31)39-40-21-8-22-41-39)28-11-2-5-14-32(28)43(33)36-16-7-12-30(42-36)24-17-20-35-29(23-24)26-10-3-6-15-34(26)45-35/h1-23H. The van der Waals surface area contributed by atoms with Gasteiger partial charge in [0.2, 0.25) is 5.95 Å². The molecular formula is C39H23N5Se. The first-order chi connectivity index (χ1) is 22.3. The van der Waals surface area contributed by atoms with Crippen LogP contribution >= 0.6 is 0 Å². The second-order valence-corrected chi connectivity index (χ2v) is 13.6. The van der Waals surface area contributed by atoms with Crippen molar-refractivity contribution in [2.45, 2.75) is 0 Å². The number of rotatable bonds is 3. The molecule has 0 saturated carbocycles. The Hall–Kier alpha value is -5.55. The summed E-state index contributed by atoms with van der Waals surface area (Å²) in [5.74, 6) is 1.55. The summed E-state index contributed by atoms with van der Waals surface area (Å²) in [4.78, 5) is 14.7. The number of fused-ring (bicyclic) bond motifs is 10. The first kappa shape index (κ1) is 24.8. The van der Waals surface area contributed by atoms with Gasteiger partial charge in [-0.1, -0.05) is 18.2 Å². The van der Waals surface area contributed by atoms with Gasteiger partial charge in [-0.3, -0.25) is 0 Å². The maximum atomic E-state index is 5.31. The van der Waals surface area contributed by atoms with E-state index in [0.29, 0.717) is 20.5 Å². The monoisotopic (exact) mass is 641 g/mol. The molecule has 10 rings (SSSR count). The van der Waals surface area contributed by atoms with Crippen molar-refractivity contribution in [1.29, 1.82) is 0 Å². The fourth-order valence-electron chi connectivity index (χ4n) is 6.96. The Morgan fingerprint density at radius 3 is 2.09 bits per heavy atom. The van der Waals surface area contributed by atoms with Crippen molar-refractivity contribution in [3.63, 3.8) is 0 Å². The molecule has 0 radical (unpaired) electrons. The molecule has 0 N–H and O–H groups in total. The molecule has 0 aliphatic carbocycles. The van der Waals surface area contributed by atoms with Gasteiger partial charge in [0.25, 0.3) is 0 Å². The minimum Gasteiger partial charge on any atom is -0.221 e. The van der Waals surface area contributed by atoms with Gasteiger partial charge in [0.15, 0.2) is 0 Å². The van der Waals surface area contributed by atoms with Gasteiger partial charge in [0.05, 0.1) is 5.52 Å². The normalized spacial score (nSPS) is 12.0. The van der Waals surface area contributed by atoms with Crippen LogP contribution in [0.3, 0.4) is 0 Å². The van der Waals surface area contributed by atoms with E-state index < -0.39 is 0 Å². The third kappa shape index (κ3) is 3.58. The SMILES string of the molecule is c1cnc(-n2c3ccccc3c3ccc4c(c5ccccc5n4-c4cccc(-c5ccc6[se]c7ccccc7c6c5)n4)c32)nc1. The Bertz CT molecular complexity index is 2770.